The van der Waals surface area contributed by atoms with Gasteiger partial charge in [0.1, 0.15) is 11.6 Å². The number of aryl methyl sites for hydroxylation is 2. The lowest BCUT2D eigenvalue weighted by Crippen LogP contribution is -2.41. The van der Waals surface area contributed by atoms with Crippen molar-refractivity contribution in [2.45, 2.75) is 65.5 Å². The Morgan fingerprint density at radius 2 is 1.77 bits per heavy atom. The van der Waals surface area contributed by atoms with Crippen molar-refractivity contribution in [3.8, 4) is 5.69 Å². The van der Waals surface area contributed by atoms with Gasteiger partial charge in [0.2, 0.25) is 5.91 Å². The van der Waals surface area contributed by atoms with Crippen molar-refractivity contribution >= 4 is 34.4 Å². The predicted molar refractivity (Wildman–Crippen MR) is 124 cm³/mol. The quantitative estimate of drug-likeness (QED) is 0.606. The van der Waals surface area contributed by atoms with Crippen LogP contribution < -0.4 is 10.6 Å². The number of rotatable bonds is 5. The average molecular weight is 441 g/mol. The molecule has 3 aromatic rings. The molecule has 1 aliphatic carbocycles. The van der Waals surface area contributed by atoms with Crippen molar-refractivity contribution < 1.29 is 4.79 Å². The zero-order valence-electron chi connectivity index (χ0n) is 18.4. The molecule has 0 radical (unpaired) electrons. The smallest absolute Gasteiger partial charge is 0.222 e. The summed E-state index contributed by atoms with van der Waals surface area (Å²) in [4.78, 5) is 21.4. The van der Waals surface area contributed by atoms with Gasteiger partial charge in [0, 0.05) is 18.0 Å². The first-order valence-electron chi connectivity index (χ1n) is 10.9. The standard InChI is InChI=1S/C23H29ClN6O/c1-13(2)23(31)28-17-11-9-16(10-12-17)27-21-20-14(3)29-30(22(20)26-15(4)25-21)19-8-6-5-7-18(19)24/h5-8,13,16-17H,9-12H2,1-4H3,(H,28,31)(H,25,26,27). The van der Waals surface area contributed by atoms with Crippen LogP contribution in [0.4, 0.5) is 5.82 Å². The molecular formula is C23H29ClN6O. The fourth-order valence-corrected chi connectivity index (χ4v) is 4.35. The highest BCUT2D eigenvalue weighted by molar-refractivity contribution is 6.32. The van der Waals surface area contributed by atoms with Gasteiger partial charge in [-0.05, 0) is 51.7 Å². The van der Waals surface area contributed by atoms with Gasteiger partial charge in [0.15, 0.2) is 5.65 Å². The molecular weight excluding hydrogens is 412 g/mol. The molecule has 1 saturated carbocycles. The SMILES string of the molecule is Cc1nc(NC2CCC(NC(=O)C(C)C)CC2)c2c(C)nn(-c3ccccc3Cl)c2n1. The highest BCUT2D eigenvalue weighted by atomic mass is 35.5. The third-order valence-electron chi connectivity index (χ3n) is 5.83. The zero-order chi connectivity index (χ0) is 22.1. The summed E-state index contributed by atoms with van der Waals surface area (Å²) >= 11 is 6.42. The first kappa shape index (κ1) is 21.6. The molecule has 164 valence electrons. The van der Waals surface area contributed by atoms with Gasteiger partial charge < -0.3 is 10.6 Å². The van der Waals surface area contributed by atoms with Gasteiger partial charge in [-0.3, -0.25) is 4.79 Å². The van der Waals surface area contributed by atoms with Crippen molar-refractivity contribution in [1.29, 1.82) is 0 Å². The number of halogens is 1. The minimum Gasteiger partial charge on any atom is -0.367 e. The number of hydrogen-bond donors (Lipinski definition) is 2. The summed E-state index contributed by atoms with van der Waals surface area (Å²) in [5.74, 6) is 1.65. The highest BCUT2D eigenvalue weighted by Gasteiger charge is 2.25. The van der Waals surface area contributed by atoms with Gasteiger partial charge in [0.25, 0.3) is 0 Å². The number of fused-ring (bicyclic) bond motifs is 1. The van der Waals surface area contributed by atoms with Crippen LogP contribution in [0, 0.1) is 19.8 Å². The largest absolute Gasteiger partial charge is 0.367 e. The summed E-state index contributed by atoms with van der Waals surface area (Å²) in [6.07, 6.45) is 3.87. The minimum absolute atomic E-state index is 0.0192. The van der Waals surface area contributed by atoms with E-state index in [0.717, 1.165) is 53.9 Å². The van der Waals surface area contributed by atoms with Crippen LogP contribution >= 0.6 is 11.6 Å². The third kappa shape index (κ3) is 4.51. The summed E-state index contributed by atoms with van der Waals surface area (Å²) in [5.41, 5.74) is 2.40. The maximum absolute atomic E-state index is 12.0. The molecule has 2 aromatic heterocycles. The van der Waals surface area contributed by atoms with Crippen LogP contribution in [0.2, 0.25) is 5.02 Å². The number of hydrogen-bond acceptors (Lipinski definition) is 5. The van der Waals surface area contributed by atoms with Crippen molar-refractivity contribution in [1.82, 2.24) is 25.1 Å². The fourth-order valence-electron chi connectivity index (χ4n) is 4.13. The Bertz CT molecular complexity index is 1100. The van der Waals surface area contributed by atoms with Crippen LogP contribution in [0.3, 0.4) is 0 Å². The number of para-hydroxylation sites is 1. The van der Waals surface area contributed by atoms with E-state index in [2.05, 4.69) is 15.6 Å². The van der Waals surface area contributed by atoms with E-state index in [9.17, 15) is 4.79 Å². The molecule has 7 nitrogen and oxygen atoms in total. The number of benzene rings is 1. The molecule has 0 aliphatic heterocycles. The van der Waals surface area contributed by atoms with Crippen LogP contribution in [0.1, 0.15) is 51.0 Å². The second-order valence-corrected chi connectivity index (χ2v) is 9.03. The lowest BCUT2D eigenvalue weighted by Gasteiger charge is -2.30. The summed E-state index contributed by atoms with van der Waals surface area (Å²) in [7, 11) is 0. The molecule has 2 heterocycles. The first-order chi connectivity index (χ1) is 14.8. The van der Waals surface area contributed by atoms with E-state index < -0.39 is 0 Å². The monoisotopic (exact) mass is 440 g/mol. The third-order valence-corrected chi connectivity index (χ3v) is 6.15. The van der Waals surface area contributed by atoms with E-state index >= 15 is 0 Å². The second-order valence-electron chi connectivity index (χ2n) is 8.62. The van der Waals surface area contributed by atoms with Crippen molar-refractivity contribution in [3.63, 3.8) is 0 Å². The molecule has 31 heavy (non-hydrogen) atoms. The van der Waals surface area contributed by atoms with Crippen molar-refractivity contribution in [3.05, 3.63) is 40.8 Å². The second kappa shape index (κ2) is 8.83. The fraction of sp³-hybridized carbons (Fsp3) is 0.478. The van der Waals surface area contributed by atoms with Crippen LogP contribution in [-0.2, 0) is 4.79 Å². The Morgan fingerprint density at radius 1 is 1.10 bits per heavy atom. The number of aromatic nitrogens is 4. The number of carbonyl (C=O) groups is 1. The Labute approximate surface area is 187 Å². The Hall–Kier alpha value is -2.67. The molecule has 0 saturated heterocycles. The number of anilines is 1. The molecule has 1 amide bonds. The molecule has 1 fully saturated rings. The number of nitrogens with zero attached hydrogens (tertiary/aromatic N) is 4. The molecule has 0 atom stereocenters. The van der Waals surface area contributed by atoms with Crippen molar-refractivity contribution in [2.24, 2.45) is 5.92 Å². The summed E-state index contributed by atoms with van der Waals surface area (Å²) in [5, 5.41) is 13.1. The molecule has 8 heteroatoms. The Balaban J connectivity index is 1.57. The van der Waals surface area contributed by atoms with Gasteiger partial charge in [-0.2, -0.15) is 5.10 Å². The van der Waals surface area contributed by atoms with E-state index in [1.54, 1.807) is 4.68 Å². The van der Waals surface area contributed by atoms with Gasteiger partial charge in [-0.15, -0.1) is 0 Å². The highest BCUT2D eigenvalue weighted by Crippen LogP contribution is 2.31. The van der Waals surface area contributed by atoms with E-state index in [-0.39, 0.29) is 17.9 Å². The predicted octanol–water partition coefficient (Wildman–Crippen LogP) is 4.58. The minimum atomic E-state index is 0.0192. The van der Waals surface area contributed by atoms with Crippen LogP contribution in [0.15, 0.2) is 24.3 Å². The molecule has 4 rings (SSSR count). The maximum Gasteiger partial charge on any atom is 0.222 e. The van der Waals surface area contributed by atoms with Gasteiger partial charge in [0.05, 0.1) is 21.8 Å². The van der Waals surface area contributed by atoms with Gasteiger partial charge >= 0.3 is 0 Å². The summed E-state index contributed by atoms with van der Waals surface area (Å²) in [6, 6.07) is 8.18. The number of amides is 1. The Kier molecular flexibility index (Phi) is 6.14. The van der Waals surface area contributed by atoms with Crippen LogP contribution in [0.5, 0.6) is 0 Å². The van der Waals surface area contributed by atoms with E-state index in [4.69, 9.17) is 21.7 Å². The first-order valence-corrected chi connectivity index (χ1v) is 11.3. The van der Waals surface area contributed by atoms with E-state index in [1.807, 2.05) is 52.0 Å². The summed E-state index contributed by atoms with van der Waals surface area (Å²) in [6.45, 7) is 7.72. The van der Waals surface area contributed by atoms with E-state index in [1.165, 1.54) is 0 Å². The lowest BCUT2D eigenvalue weighted by molar-refractivity contribution is -0.124. The molecule has 1 aliphatic rings. The molecule has 1 aromatic carbocycles. The average Bonchev–Trinajstić information content (AvgIpc) is 3.05. The normalized spacial score (nSPS) is 19.0. The van der Waals surface area contributed by atoms with Gasteiger partial charge in [-0.1, -0.05) is 37.6 Å². The van der Waals surface area contributed by atoms with Crippen LogP contribution in [-0.4, -0.2) is 37.7 Å². The zero-order valence-corrected chi connectivity index (χ0v) is 19.2. The maximum atomic E-state index is 12.0. The van der Waals surface area contributed by atoms with Crippen LogP contribution in [0.25, 0.3) is 16.7 Å². The lowest BCUT2D eigenvalue weighted by atomic mass is 9.90. The molecule has 0 bridgehead atoms. The molecule has 0 unspecified atom stereocenters. The molecule has 0 spiro atoms. The van der Waals surface area contributed by atoms with Crippen molar-refractivity contribution in [2.75, 3.05) is 5.32 Å². The van der Waals surface area contributed by atoms with Gasteiger partial charge in [-0.25, -0.2) is 14.6 Å². The Morgan fingerprint density at radius 3 is 2.45 bits per heavy atom. The number of nitrogens with one attached hydrogen (secondary N) is 2. The molecule has 2 N–H and O–H groups in total. The number of carbonyl (C=O) groups excluding carboxylic acids is 1. The van der Waals surface area contributed by atoms with E-state index in [0.29, 0.717) is 16.9 Å². The topological polar surface area (TPSA) is 84.7 Å². The summed E-state index contributed by atoms with van der Waals surface area (Å²) < 4.78 is 1.80.